The van der Waals surface area contributed by atoms with Gasteiger partial charge < -0.3 is 9.64 Å². The fraction of sp³-hybridized carbons (Fsp3) is 0.375. The lowest BCUT2D eigenvalue weighted by Crippen LogP contribution is -2.36. The van der Waals surface area contributed by atoms with E-state index < -0.39 is 0 Å². The maximum atomic E-state index is 6.12. The number of hydrogen-bond acceptors (Lipinski definition) is 3. The Hall–Kier alpha value is -2.59. The van der Waals surface area contributed by atoms with E-state index in [1.165, 1.54) is 25.9 Å². The van der Waals surface area contributed by atoms with Crippen LogP contribution in [0.4, 0.5) is 0 Å². The Kier molecular flexibility index (Phi) is 6.07. The van der Waals surface area contributed by atoms with Crippen molar-refractivity contribution in [1.29, 1.82) is 0 Å². The minimum atomic E-state index is 0.529. The molecule has 0 N–H and O–H groups in total. The van der Waals surface area contributed by atoms with Crippen LogP contribution in [0.2, 0.25) is 0 Å². The van der Waals surface area contributed by atoms with Crippen LogP contribution < -0.4 is 4.74 Å². The zero-order valence-electron chi connectivity index (χ0n) is 16.6. The van der Waals surface area contributed by atoms with Gasteiger partial charge in [0.1, 0.15) is 6.61 Å². The Morgan fingerprint density at radius 3 is 2.50 bits per heavy atom. The van der Waals surface area contributed by atoms with E-state index in [-0.39, 0.29) is 0 Å². The predicted octanol–water partition coefficient (Wildman–Crippen LogP) is 4.86. The van der Waals surface area contributed by atoms with E-state index in [0.29, 0.717) is 12.5 Å². The average molecular weight is 376 g/mol. The Labute approximate surface area is 167 Å². The molecule has 0 amide bonds. The van der Waals surface area contributed by atoms with Gasteiger partial charge >= 0.3 is 0 Å². The molecule has 3 aromatic rings. The lowest BCUT2D eigenvalue weighted by atomic mass is 10.0. The normalized spacial score (nSPS) is 17.5. The van der Waals surface area contributed by atoms with Crippen LogP contribution in [0.3, 0.4) is 0 Å². The Morgan fingerprint density at radius 2 is 1.75 bits per heavy atom. The molecule has 4 heteroatoms. The summed E-state index contributed by atoms with van der Waals surface area (Å²) in [5, 5.41) is 4.77. The number of rotatable bonds is 7. The van der Waals surface area contributed by atoms with Crippen molar-refractivity contribution in [3.63, 3.8) is 0 Å². The maximum absolute atomic E-state index is 6.12. The molecule has 0 bridgehead atoms. The highest BCUT2D eigenvalue weighted by molar-refractivity contribution is 5.67. The van der Waals surface area contributed by atoms with Crippen molar-refractivity contribution < 1.29 is 4.74 Å². The van der Waals surface area contributed by atoms with Crippen LogP contribution in [0.5, 0.6) is 5.88 Å². The van der Waals surface area contributed by atoms with Crippen molar-refractivity contribution in [1.82, 2.24) is 14.7 Å². The first-order valence-electron chi connectivity index (χ1n) is 10.3. The fourth-order valence-corrected chi connectivity index (χ4v) is 3.90. The maximum Gasteiger partial charge on any atom is 0.241 e. The van der Waals surface area contributed by atoms with Crippen molar-refractivity contribution in [2.45, 2.75) is 32.9 Å². The number of aromatic nitrogens is 2. The van der Waals surface area contributed by atoms with E-state index in [0.717, 1.165) is 35.7 Å². The second-order valence-electron chi connectivity index (χ2n) is 7.80. The number of hydrogen-bond donors (Lipinski definition) is 0. The number of nitrogens with zero attached hydrogens (tertiary/aromatic N) is 3. The highest BCUT2D eigenvalue weighted by Gasteiger charge is 2.17. The monoisotopic (exact) mass is 375 g/mol. The third-order valence-corrected chi connectivity index (χ3v) is 5.42. The lowest BCUT2D eigenvalue weighted by Gasteiger charge is -2.30. The van der Waals surface area contributed by atoms with Gasteiger partial charge in [0.05, 0.1) is 12.1 Å². The Morgan fingerprint density at radius 1 is 1.00 bits per heavy atom. The first-order chi connectivity index (χ1) is 13.8. The Bertz CT molecular complexity index is 860. The summed E-state index contributed by atoms with van der Waals surface area (Å²) in [4.78, 5) is 2.56. The molecule has 0 radical (unpaired) electrons. The molecule has 146 valence electrons. The molecule has 1 unspecified atom stereocenters. The second-order valence-corrected chi connectivity index (χ2v) is 7.80. The molecule has 1 fully saturated rings. The minimum Gasteiger partial charge on any atom is -0.471 e. The molecule has 28 heavy (non-hydrogen) atoms. The van der Waals surface area contributed by atoms with Crippen LogP contribution >= 0.6 is 0 Å². The third-order valence-electron chi connectivity index (χ3n) is 5.42. The van der Waals surface area contributed by atoms with Crippen LogP contribution in [-0.2, 0) is 13.2 Å². The van der Waals surface area contributed by atoms with Crippen molar-refractivity contribution in [2.75, 3.05) is 19.6 Å². The predicted molar refractivity (Wildman–Crippen MR) is 113 cm³/mol. The molecule has 0 aliphatic carbocycles. The fourth-order valence-electron chi connectivity index (χ4n) is 3.90. The first kappa shape index (κ1) is 18.8. The molecule has 0 saturated carbocycles. The molecular formula is C24H29N3O. The van der Waals surface area contributed by atoms with Crippen molar-refractivity contribution in [2.24, 2.45) is 5.92 Å². The van der Waals surface area contributed by atoms with Gasteiger partial charge in [-0.05, 0) is 36.4 Å². The molecule has 1 aliphatic heterocycles. The van der Waals surface area contributed by atoms with E-state index in [1.54, 1.807) is 0 Å². The molecule has 0 spiro atoms. The molecule has 1 atom stereocenters. The van der Waals surface area contributed by atoms with E-state index in [4.69, 9.17) is 9.84 Å². The first-order valence-corrected chi connectivity index (χ1v) is 10.3. The zero-order valence-corrected chi connectivity index (χ0v) is 16.6. The van der Waals surface area contributed by atoms with E-state index >= 15 is 0 Å². The van der Waals surface area contributed by atoms with Gasteiger partial charge in [0.15, 0.2) is 0 Å². The van der Waals surface area contributed by atoms with Gasteiger partial charge in [0.25, 0.3) is 0 Å². The summed E-state index contributed by atoms with van der Waals surface area (Å²) >= 11 is 0. The summed E-state index contributed by atoms with van der Waals surface area (Å²) in [6.07, 6.45) is 4.79. The summed E-state index contributed by atoms with van der Waals surface area (Å²) in [7, 11) is 0. The van der Waals surface area contributed by atoms with Crippen LogP contribution in [0, 0.1) is 5.92 Å². The topological polar surface area (TPSA) is 30.3 Å². The smallest absolute Gasteiger partial charge is 0.241 e. The van der Waals surface area contributed by atoms with Crippen molar-refractivity contribution >= 4 is 0 Å². The van der Waals surface area contributed by atoms with Gasteiger partial charge in [-0.2, -0.15) is 0 Å². The SMILES string of the molecule is CC1CCCN(CCn2cc(-c3ccccc3)c(OCc3ccccc3)n2)C1. The third kappa shape index (κ3) is 4.82. The van der Waals surface area contributed by atoms with Crippen LogP contribution in [0.1, 0.15) is 25.3 Å². The lowest BCUT2D eigenvalue weighted by molar-refractivity contribution is 0.175. The van der Waals surface area contributed by atoms with E-state index in [1.807, 2.05) is 28.9 Å². The number of benzene rings is 2. The molecule has 1 saturated heterocycles. The molecule has 1 aliphatic rings. The van der Waals surface area contributed by atoms with Gasteiger partial charge in [-0.25, -0.2) is 0 Å². The van der Waals surface area contributed by atoms with Crippen LogP contribution in [0.15, 0.2) is 66.9 Å². The number of ether oxygens (including phenoxy) is 1. The molecule has 4 nitrogen and oxygen atoms in total. The van der Waals surface area contributed by atoms with Crippen LogP contribution in [-0.4, -0.2) is 34.3 Å². The zero-order chi connectivity index (χ0) is 19.2. The minimum absolute atomic E-state index is 0.529. The summed E-state index contributed by atoms with van der Waals surface area (Å²) in [6.45, 7) is 7.21. The van der Waals surface area contributed by atoms with Crippen molar-refractivity contribution in [3.8, 4) is 17.0 Å². The highest BCUT2D eigenvalue weighted by atomic mass is 16.5. The highest BCUT2D eigenvalue weighted by Crippen LogP contribution is 2.29. The molecule has 2 heterocycles. The molecule has 1 aromatic heterocycles. The summed E-state index contributed by atoms with van der Waals surface area (Å²) < 4.78 is 8.17. The largest absolute Gasteiger partial charge is 0.471 e. The molecule has 4 rings (SSSR count). The van der Waals surface area contributed by atoms with Gasteiger partial charge in [0.2, 0.25) is 5.88 Å². The average Bonchev–Trinajstić information content (AvgIpc) is 3.15. The molecular weight excluding hydrogens is 346 g/mol. The van der Waals surface area contributed by atoms with Gasteiger partial charge in [0, 0.05) is 19.3 Å². The number of likely N-dealkylation sites (tertiary alicyclic amines) is 1. The van der Waals surface area contributed by atoms with Gasteiger partial charge in [-0.1, -0.05) is 67.6 Å². The second kappa shape index (κ2) is 9.07. The van der Waals surface area contributed by atoms with E-state index in [2.05, 4.69) is 54.4 Å². The standard InChI is InChI=1S/C24H29N3O/c1-20-9-8-14-26(17-20)15-16-27-18-23(22-12-6-3-7-13-22)24(25-27)28-19-21-10-4-2-5-11-21/h2-7,10-13,18,20H,8-9,14-17,19H2,1H3. The van der Waals surface area contributed by atoms with E-state index in [9.17, 15) is 0 Å². The Balaban J connectivity index is 1.48. The summed E-state index contributed by atoms with van der Waals surface area (Å²) in [5.41, 5.74) is 3.35. The van der Waals surface area contributed by atoms with Gasteiger partial charge in [-0.3, -0.25) is 4.68 Å². The summed E-state index contributed by atoms with van der Waals surface area (Å²) in [6, 6.07) is 20.6. The van der Waals surface area contributed by atoms with Crippen LogP contribution in [0.25, 0.3) is 11.1 Å². The van der Waals surface area contributed by atoms with Gasteiger partial charge in [-0.15, -0.1) is 5.10 Å². The molecule has 2 aromatic carbocycles. The van der Waals surface area contributed by atoms with Crippen molar-refractivity contribution in [3.05, 3.63) is 72.4 Å². The summed E-state index contributed by atoms with van der Waals surface area (Å²) in [5.74, 6) is 1.51. The number of piperidine rings is 1. The quantitative estimate of drug-likeness (QED) is 0.591.